The summed E-state index contributed by atoms with van der Waals surface area (Å²) in [5, 5.41) is 0. The van der Waals surface area contributed by atoms with Crippen molar-refractivity contribution in [2.45, 2.75) is 25.8 Å². The summed E-state index contributed by atoms with van der Waals surface area (Å²) in [5.74, 6) is 0. The summed E-state index contributed by atoms with van der Waals surface area (Å²) in [7, 11) is 0. The Bertz CT molecular complexity index is 565. The first-order valence-electron chi connectivity index (χ1n) is 6.78. The van der Waals surface area contributed by atoms with Crippen LogP contribution >= 0.6 is 0 Å². The van der Waals surface area contributed by atoms with Crippen LogP contribution in [0.3, 0.4) is 0 Å². The van der Waals surface area contributed by atoms with Gasteiger partial charge in [-0.05, 0) is 55.2 Å². The lowest BCUT2D eigenvalue weighted by molar-refractivity contribution is 0.716. The lowest BCUT2D eigenvalue weighted by Gasteiger charge is -2.28. The summed E-state index contributed by atoms with van der Waals surface area (Å²) >= 11 is 0. The lowest BCUT2D eigenvalue weighted by Crippen LogP contribution is -2.23. The molecule has 0 amide bonds. The predicted molar refractivity (Wildman–Crippen MR) is 79.1 cm³/mol. The van der Waals surface area contributed by atoms with Crippen LogP contribution in [0.4, 0.5) is 11.4 Å². The number of rotatable bonds is 2. The first-order chi connectivity index (χ1) is 9.25. The molecule has 0 bridgehead atoms. The van der Waals surface area contributed by atoms with Crippen molar-refractivity contribution < 1.29 is 0 Å². The number of aryl methyl sites for hydroxylation is 1. The van der Waals surface area contributed by atoms with E-state index in [0.717, 1.165) is 12.2 Å². The van der Waals surface area contributed by atoms with Gasteiger partial charge in [-0.3, -0.25) is 4.98 Å². The van der Waals surface area contributed by atoms with Crippen molar-refractivity contribution in [3.8, 4) is 0 Å². The van der Waals surface area contributed by atoms with Gasteiger partial charge < -0.3 is 10.6 Å². The topological polar surface area (TPSA) is 42.1 Å². The summed E-state index contributed by atoms with van der Waals surface area (Å²) < 4.78 is 0. The van der Waals surface area contributed by atoms with E-state index in [-0.39, 0.29) is 0 Å². The molecule has 1 atom stereocenters. The second-order valence-electron chi connectivity index (χ2n) is 5.18. The Labute approximate surface area is 114 Å². The van der Waals surface area contributed by atoms with E-state index >= 15 is 0 Å². The normalized spacial score (nSPS) is 18.8. The van der Waals surface area contributed by atoms with Crippen LogP contribution in [0.1, 0.15) is 30.0 Å². The molecule has 0 spiro atoms. The summed E-state index contributed by atoms with van der Waals surface area (Å²) in [6, 6.07) is 10.8. The van der Waals surface area contributed by atoms with Crippen LogP contribution in [0.5, 0.6) is 0 Å². The lowest BCUT2D eigenvalue weighted by atomic mass is 10.0. The highest BCUT2D eigenvalue weighted by Crippen LogP contribution is 2.37. The molecule has 1 aliphatic heterocycles. The molecular weight excluding hydrogens is 234 g/mol. The maximum absolute atomic E-state index is 5.94. The molecule has 1 aromatic heterocycles. The van der Waals surface area contributed by atoms with E-state index in [4.69, 9.17) is 5.73 Å². The zero-order chi connectivity index (χ0) is 13.2. The smallest absolute Gasteiger partial charge is 0.0544 e. The molecule has 1 aromatic carbocycles. The highest BCUT2D eigenvalue weighted by molar-refractivity contribution is 5.62. The molecule has 3 nitrogen and oxygen atoms in total. The Morgan fingerprint density at radius 1 is 1.21 bits per heavy atom. The van der Waals surface area contributed by atoms with Crippen LogP contribution in [-0.2, 0) is 0 Å². The molecule has 3 rings (SSSR count). The molecule has 0 saturated carbocycles. The fourth-order valence-corrected chi connectivity index (χ4v) is 2.92. The van der Waals surface area contributed by atoms with Gasteiger partial charge in [0.15, 0.2) is 0 Å². The Balaban J connectivity index is 1.97. The summed E-state index contributed by atoms with van der Waals surface area (Å²) in [4.78, 5) is 6.58. The molecule has 2 N–H and O–H groups in total. The maximum atomic E-state index is 5.94. The maximum Gasteiger partial charge on any atom is 0.0544 e. The van der Waals surface area contributed by atoms with Crippen LogP contribution in [0.15, 0.2) is 42.7 Å². The molecular formula is C16H19N3. The molecule has 1 saturated heterocycles. The number of hydrogen-bond donors (Lipinski definition) is 1. The molecule has 98 valence electrons. The van der Waals surface area contributed by atoms with Gasteiger partial charge in [0.05, 0.1) is 6.04 Å². The van der Waals surface area contributed by atoms with Gasteiger partial charge in [0.2, 0.25) is 0 Å². The van der Waals surface area contributed by atoms with Gasteiger partial charge in [0.25, 0.3) is 0 Å². The van der Waals surface area contributed by atoms with E-state index in [1.165, 1.54) is 29.7 Å². The number of nitrogens with zero attached hydrogens (tertiary/aromatic N) is 2. The third kappa shape index (κ3) is 2.28. The standard InChI is InChI=1S/C16H19N3/c1-12-4-5-14(17)11-16(12)19-10-2-3-15(19)13-6-8-18-9-7-13/h4-9,11,15H,2-3,10,17H2,1H3. The zero-order valence-corrected chi connectivity index (χ0v) is 11.2. The monoisotopic (exact) mass is 253 g/mol. The molecule has 2 aromatic rings. The van der Waals surface area contributed by atoms with Gasteiger partial charge >= 0.3 is 0 Å². The number of nitrogens with two attached hydrogens (primary N) is 1. The Morgan fingerprint density at radius 2 is 2.00 bits per heavy atom. The average Bonchev–Trinajstić information content (AvgIpc) is 2.91. The van der Waals surface area contributed by atoms with Crippen LogP contribution in [-0.4, -0.2) is 11.5 Å². The second kappa shape index (κ2) is 4.92. The van der Waals surface area contributed by atoms with E-state index in [1.54, 1.807) is 0 Å². The van der Waals surface area contributed by atoms with Crippen molar-refractivity contribution in [3.05, 3.63) is 53.9 Å². The van der Waals surface area contributed by atoms with Crippen molar-refractivity contribution in [2.24, 2.45) is 0 Å². The second-order valence-corrected chi connectivity index (χ2v) is 5.18. The molecule has 0 radical (unpaired) electrons. The Kier molecular flexibility index (Phi) is 3.11. The fraction of sp³-hybridized carbons (Fsp3) is 0.312. The van der Waals surface area contributed by atoms with E-state index < -0.39 is 0 Å². The molecule has 1 unspecified atom stereocenters. The Hall–Kier alpha value is -2.03. The number of anilines is 2. The molecule has 1 aliphatic rings. The van der Waals surface area contributed by atoms with E-state index in [0.29, 0.717) is 6.04 Å². The third-order valence-electron chi connectivity index (χ3n) is 3.89. The molecule has 1 fully saturated rings. The number of pyridine rings is 1. The molecule has 3 heteroatoms. The van der Waals surface area contributed by atoms with Crippen LogP contribution in [0.25, 0.3) is 0 Å². The van der Waals surface area contributed by atoms with Gasteiger partial charge in [-0.15, -0.1) is 0 Å². The minimum absolute atomic E-state index is 0.448. The van der Waals surface area contributed by atoms with Crippen molar-refractivity contribution in [2.75, 3.05) is 17.2 Å². The highest BCUT2D eigenvalue weighted by atomic mass is 15.2. The molecule has 19 heavy (non-hydrogen) atoms. The van der Waals surface area contributed by atoms with E-state index in [1.807, 2.05) is 18.5 Å². The van der Waals surface area contributed by atoms with Crippen molar-refractivity contribution in [1.29, 1.82) is 0 Å². The largest absolute Gasteiger partial charge is 0.399 e. The third-order valence-corrected chi connectivity index (χ3v) is 3.89. The Morgan fingerprint density at radius 3 is 2.79 bits per heavy atom. The van der Waals surface area contributed by atoms with Crippen LogP contribution < -0.4 is 10.6 Å². The van der Waals surface area contributed by atoms with Gasteiger partial charge in [-0.25, -0.2) is 0 Å². The van der Waals surface area contributed by atoms with Crippen LogP contribution in [0, 0.1) is 6.92 Å². The fourth-order valence-electron chi connectivity index (χ4n) is 2.92. The van der Waals surface area contributed by atoms with Gasteiger partial charge in [0.1, 0.15) is 0 Å². The SMILES string of the molecule is Cc1ccc(N)cc1N1CCCC1c1ccncc1. The average molecular weight is 253 g/mol. The quantitative estimate of drug-likeness (QED) is 0.835. The number of benzene rings is 1. The summed E-state index contributed by atoms with van der Waals surface area (Å²) in [5.41, 5.74) is 10.7. The van der Waals surface area contributed by atoms with Gasteiger partial charge in [-0.2, -0.15) is 0 Å². The van der Waals surface area contributed by atoms with E-state index in [9.17, 15) is 0 Å². The van der Waals surface area contributed by atoms with Crippen molar-refractivity contribution in [3.63, 3.8) is 0 Å². The number of hydrogen-bond acceptors (Lipinski definition) is 3. The van der Waals surface area contributed by atoms with Crippen molar-refractivity contribution in [1.82, 2.24) is 4.98 Å². The van der Waals surface area contributed by atoms with Gasteiger partial charge in [-0.1, -0.05) is 6.07 Å². The molecule has 0 aliphatic carbocycles. The van der Waals surface area contributed by atoms with E-state index in [2.05, 4.69) is 41.1 Å². The number of aromatic nitrogens is 1. The number of nitrogen functional groups attached to an aromatic ring is 1. The minimum Gasteiger partial charge on any atom is -0.399 e. The first-order valence-corrected chi connectivity index (χ1v) is 6.78. The highest BCUT2D eigenvalue weighted by Gasteiger charge is 2.27. The first kappa shape index (κ1) is 12.0. The van der Waals surface area contributed by atoms with Crippen LogP contribution in [0.2, 0.25) is 0 Å². The van der Waals surface area contributed by atoms with Gasteiger partial charge in [0, 0.05) is 30.3 Å². The summed E-state index contributed by atoms with van der Waals surface area (Å²) in [6.45, 7) is 3.24. The zero-order valence-electron chi connectivity index (χ0n) is 11.2. The predicted octanol–water partition coefficient (Wildman–Crippen LogP) is 3.31. The molecule has 2 heterocycles. The summed E-state index contributed by atoms with van der Waals surface area (Å²) in [6.07, 6.45) is 6.16. The minimum atomic E-state index is 0.448. The van der Waals surface area contributed by atoms with Crippen molar-refractivity contribution >= 4 is 11.4 Å².